The maximum atomic E-state index is 12.3. The van der Waals surface area contributed by atoms with Crippen LogP contribution in [0.2, 0.25) is 5.02 Å². The van der Waals surface area contributed by atoms with Gasteiger partial charge in [-0.05, 0) is 41.8 Å². The quantitative estimate of drug-likeness (QED) is 0.381. The molecule has 0 aliphatic rings. The first-order valence-electron chi connectivity index (χ1n) is 8.75. The Hall–Kier alpha value is -3.03. The molecule has 1 aromatic heterocycles. The third-order valence-electron chi connectivity index (χ3n) is 4.24. The van der Waals surface area contributed by atoms with E-state index in [1.54, 1.807) is 42.5 Å². The van der Waals surface area contributed by atoms with Gasteiger partial charge in [0.1, 0.15) is 0 Å². The Kier molecular flexibility index (Phi) is 6.10. The summed E-state index contributed by atoms with van der Waals surface area (Å²) in [6, 6.07) is 11.3. The van der Waals surface area contributed by atoms with Gasteiger partial charge < -0.3 is 4.98 Å². The standard InChI is InChI=1S/C21H17ClN2O4S/c1-12(2)16-8-3-13(9-17(16)24(27)28)10-19-21(26)23-20(29-19)11-18(25)14-4-6-15(22)7-5-14/h3-12H,1-2H3,(H,23,26)/b19-10-,20-11-. The first-order chi connectivity index (χ1) is 13.7. The minimum absolute atomic E-state index is 0.00896. The van der Waals surface area contributed by atoms with Crippen molar-refractivity contribution in [3.05, 3.63) is 93.8 Å². The van der Waals surface area contributed by atoms with Gasteiger partial charge in [-0.1, -0.05) is 37.6 Å². The molecule has 6 nitrogen and oxygen atoms in total. The van der Waals surface area contributed by atoms with Gasteiger partial charge in [0.05, 0.1) is 14.1 Å². The minimum Gasteiger partial charge on any atom is -0.313 e. The molecule has 0 unspecified atom stereocenters. The molecule has 0 bridgehead atoms. The number of nitro groups is 1. The van der Waals surface area contributed by atoms with Crippen LogP contribution in [0, 0.1) is 10.1 Å². The molecule has 8 heteroatoms. The lowest BCUT2D eigenvalue weighted by molar-refractivity contribution is -0.385. The lowest BCUT2D eigenvalue weighted by Gasteiger charge is -2.06. The summed E-state index contributed by atoms with van der Waals surface area (Å²) in [5.41, 5.74) is 1.29. The molecule has 1 heterocycles. The van der Waals surface area contributed by atoms with Crippen molar-refractivity contribution in [1.29, 1.82) is 0 Å². The molecule has 0 saturated carbocycles. The number of hydrogen-bond acceptors (Lipinski definition) is 5. The Labute approximate surface area is 174 Å². The zero-order chi connectivity index (χ0) is 21.1. The monoisotopic (exact) mass is 428 g/mol. The highest BCUT2D eigenvalue weighted by Crippen LogP contribution is 2.27. The highest BCUT2D eigenvalue weighted by Gasteiger charge is 2.16. The van der Waals surface area contributed by atoms with E-state index >= 15 is 0 Å². The summed E-state index contributed by atoms with van der Waals surface area (Å²) < 4.78 is 0.751. The molecular formula is C21H17ClN2O4S. The number of aromatic nitrogens is 1. The van der Waals surface area contributed by atoms with E-state index in [2.05, 4.69) is 4.98 Å². The molecule has 29 heavy (non-hydrogen) atoms. The van der Waals surface area contributed by atoms with E-state index in [4.69, 9.17) is 11.6 Å². The van der Waals surface area contributed by atoms with Gasteiger partial charge in [-0.25, -0.2) is 0 Å². The second kappa shape index (κ2) is 8.55. The predicted molar refractivity (Wildman–Crippen MR) is 115 cm³/mol. The molecule has 0 aliphatic heterocycles. The van der Waals surface area contributed by atoms with Crippen LogP contribution in [0.4, 0.5) is 5.69 Å². The Balaban J connectivity index is 2.00. The predicted octanol–water partition coefficient (Wildman–Crippen LogP) is 3.61. The Morgan fingerprint density at radius 1 is 1.21 bits per heavy atom. The fraction of sp³-hybridized carbons (Fsp3) is 0.143. The topological polar surface area (TPSA) is 93.1 Å². The molecule has 3 rings (SSSR count). The van der Waals surface area contributed by atoms with E-state index in [1.807, 2.05) is 13.8 Å². The van der Waals surface area contributed by atoms with Crippen molar-refractivity contribution in [1.82, 2.24) is 4.98 Å². The van der Waals surface area contributed by atoms with Crippen LogP contribution >= 0.6 is 22.9 Å². The number of rotatable bonds is 5. The number of Topliss-reactive ketones (excluding diaryl/α,β-unsaturated/α-hetero) is 1. The SMILES string of the molecule is CC(C)c1ccc(/C=c2\s/c(=C\C(=O)c3ccc(Cl)cc3)[nH]c2=O)cc1[N+](=O)[O-]. The normalized spacial score (nSPS) is 12.6. The molecule has 0 radical (unpaired) electrons. The van der Waals surface area contributed by atoms with Crippen molar-refractivity contribution in [3.8, 4) is 0 Å². The summed E-state index contributed by atoms with van der Waals surface area (Å²) in [5.74, 6) is -0.252. The van der Waals surface area contributed by atoms with Crippen molar-refractivity contribution in [2.24, 2.45) is 0 Å². The molecule has 148 valence electrons. The average Bonchev–Trinajstić information content (AvgIpc) is 3.00. The zero-order valence-corrected chi connectivity index (χ0v) is 17.2. The maximum absolute atomic E-state index is 12.3. The lowest BCUT2D eigenvalue weighted by Crippen LogP contribution is -2.20. The number of carbonyl (C=O) groups is 1. The molecule has 0 fully saturated rings. The van der Waals surface area contributed by atoms with Crippen LogP contribution in [0.3, 0.4) is 0 Å². The largest absolute Gasteiger partial charge is 0.313 e. The number of nitro benzene ring substituents is 1. The number of benzene rings is 2. The molecule has 1 N–H and O–H groups in total. The molecule has 3 aromatic rings. The fourth-order valence-electron chi connectivity index (χ4n) is 2.79. The van der Waals surface area contributed by atoms with Crippen LogP contribution in [0.15, 0.2) is 47.3 Å². The third-order valence-corrected chi connectivity index (χ3v) is 5.46. The average molecular weight is 429 g/mol. The Bertz CT molecular complexity index is 1260. The number of halogens is 1. The van der Waals surface area contributed by atoms with Crippen molar-refractivity contribution in [2.45, 2.75) is 19.8 Å². The number of ketones is 1. The van der Waals surface area contributed by atoms with Crippen LogP contribution in [-0.4, -0.2) is 15.7 Å². The van der Waals surface area contributed by atoms with Crippen molar-refractivity contribution in [2.75, 3.05) is 0 Å². The van der Waals surface area contributed by atoms with Crippen LogP contribution in [0.5, 0.6) is 0 Å². The van der Waals surface area contributed by atoms with E-state index in [1.165, 1.54) is 12.1 Å². The molecule has 0 saturated heterocycles. The van der Waals surface area contributed by atoms with Gasteiger partial charge >= 0.3 is 0 Å². The van der Waals surface area contributed by atoms with E-state index < -0.39 is 4.92 Å². The lowest BCUT2D eigenvalue weighted by atomic mass is 9.99. The number of hydrogen-bond donors (Lipinski definition) is 1. The van der Waals surface area contributed by atoms with Gasteiger partial charge in [-0.15, -0.1) is 11.3 Å². The molecule has 0 atom stereocenters. The maximum Gasteiger partial charge on any atom is 0.273 e. The second-order valence-corrected chi connectivity index (χ2v) is 8.19. The highest BCUT2D eigenvalue weighted by atomic mass is 35.5. The highest BCUT2D eigenvalue weighted by molar-refractivity contribution is 7.07. The number of H-pyrrole nitrogens is 1. The number of nitrogens with zero attached hydrogens (tertiary/aromatic N) is 1. The van der Waals surface area contributed by atoms with E-state index in [9.17, 15) is 19.7 Å². The Morgan fingerprint density at radius 2 is 1.90 bits per heavy atom. The molecule has 0 spiro atoms. The van der Waals surface area contributed by atoms with Gasteiger partial charge in [0, 0.05) is 28.3 Å². The van der Waals surface area contributed by atoms with Gasteiger partial charge in [0.25, 0.3) is 11.2 Å². The van der Waals surface area contributed by atoms with Crippen LogP contribution < -0.4 is 14.8 Å². The van der Waals surface area contributed by atoms with Crippen LogP contribution in [0.25, 0.3) is 12.2 Å². The van der Waals surface area contributed by atoms with Crippen LogP contribution in [0.1, 0.15) is 41.3 Å². The molecule has 0 amide bonds. The molecular weight excluding hydrogens is 412 g/mol. The summed E-state index contributed by atoms with van der Waals surface area (Å²) in [6.07, 6.45) is 2.92. The first-order valence-corrected chi connectivity index (χ1v) is 9.95. The summed E-state index contributed by atoms with van der Waals surface area (Å²) in [6.45, 7) is 3.77. The van der Waals surface area contributed by atoms with E-state index in [0.29, 0.717) is 30.9 Å². The van der Waals surface area contributed by atoms with E-state index in [0.717, 1.165) is 11.3 Å². The van der Waals surface area contributed by atoms with Gasteiger partial charge in [0.15, 0.2) is 5.78 Å². The van der Waals surface area contributed by atoms with Gasteiger partial charge in [-0.3, -0.25) is 19.7 Å². The van der Waals surface area contributed by atoms with Gasteiger partial charge in [-0.2, -0.15) is 0 Å². The summed E-state index contributed by atoms with van der Waals surface area (Å²) >= 11 is 6.93. The molecule has 2 aromatic carbocycles. The van der Waals surface area contributed by atoms with Gasteiger partial charge in [0.2, 0.25) is 0 Å². The first kappa shape index (κ1) is 20.7. The number of nitrogens with one attached hydrogen (secondary N) is 1. The van der Waals surface area contributed by atoms with E-state index in [-0.39, 0.29) is 22.9 Å². The third kappa shape index (κ3) is 4.88. The van der Waals surface area contributed by atoms with Crippen LogP contribution in [-0.2, 0) is 0 Å². The number of thiazole rings is 1. The summed E-state index contributed by atoms with van der Waals surface area (Å²) in [5, 5.41) is 11.9. The van der Waals surface area contributed by atoms with Crippen molar-refractivity contribution >= 4 is 46.6 Å². The number of carbonyl (C=O) groups excluding carboxylic acids is 1. The minimum atomic E-state index is -0.421. The second-order valence-electron chi connectivity index (χ2n) is 6.67. The summed E-state index contributed by atoms with van der Waals surface area (Å²) in [4.78, 5) is 38.1. The number of aromatic amines is 1. The molecule has 0 aliphatic carbocycles. The fourth-order valence-corrected chi connectivity index (χ4v) is 3.80. The summed E-state index contributed by atoms with van der Waals surface area (Å²) in [7, 11) is 0. The van der Waals surface area contributed by atoms with Crippen molar-refractivity contribution in [3.63, 3.8) is 0 Å². The Morgan fingerprint density at radius 3 is 2.52 bits per heavy atom. The smallest absolute Gasteiger partial charge is 0.273 e. The van der Waals surface area contributed by atoms with Crippen molar-refractivity contribution < 1.29 is 9.72 Å². The zero-order valence-electron chi connectivity index (χ0n) is 15.6.